The molecule has 2 unspecified atom stereocenters. The monoisotopic (exact) mass is 536 g/mol. The SMILES string of the molecule is NCc1ccnc(SCC2CC(C3CCCCC3)CN2SN2CCOCC2)c1.O=C(O)C(F)(F)F. The molecule has 0 radical (unpaired) electrons. The van der Waals surface area contributed by atoms with E-state index < -0.39 is 12.1 Å². The molecule has 1 aromatic heterocycles. The van der Waals surface area contributed by atoms with Crippen LogP contribution in [0, 0.1) is 11.8 Å². The van der Waals surface area contributed by atoms with Gasteiger partial charge in [0.1, 0.15) is 0 Å². The number of halogens is 3. The average Bonchev–Trinajstić information content (AvgIpc) is 3.26. The summed E-state index contributed by atoms with van der Waals surface area (Å²) in [6.45, 7) is 5.63. The van der Waals surface area contributed by atoms with E-state index in [2.05, 4.69) is 19.7 Å². The van der Waals surface area contributed by atoms with Crippen LogP contribution in [0.1, 0.15) is 44.1 Å². The molecule has 7 nitrogen and oxygen atoms in total. The molecule has 2 aliphatic heterocycles. The first kappa shape index (κ1) is 28.5. The highest BCUT2D eigenvalue weighted by Crippen LogP contribution is 2.41. The molecule has 2 saturated heterocycles. The van der Waals surface area contributed by atoms with E-state index in [-0.39, 0.29) is 0 Å². The summed E-state index contributed by atoms with van der Waals surface area (Å²) < 4.78 is 42.5. The first-order valence-corrected chi connectivity index (χ1v) is 13.8. The Labute approximate surface area is 213 Å². The predicted octanol–water partition coefficient (Wildman–Crippen LogP) is 4.43. The molecular weight excluding hydrogens is 501 g/mol. The normalized spacial score (nSPS) is 24.7. The maximum atomic E-state index is 10.6. The van der Waals surface area contributed by atoms with Crippen molar-refractivity contribution in [2.24, 2.45) is 17.6 Å². The van der Waals surface area contributed by atoms with Gasteiger partial charge in [-0.25, -0.2) is 18.4 Å². The van der Waals surface area contributed by atoms with Crippen LogP contribution in [0.2, 0.25) is 0 Å². The van der Waals surface area contributed by atoms with Gasteiger partial charge < -0.3 is 15.6 Å². The minimum absolute atomic E-state index is 0.586. The quantitative estimate of drug-likeness (QED) is 0.388. The lowest BCUT2D eigenvalue weighted by atomic mass is 9.79. The summed E-state index contributed by atoms with van der Waals surface area (Å²) in [6.07, 6.45) is 5.36. The highest BCUT2D eigenvalue weighted by molar-refractivity contribution is 7.99. The van der Waals surface area contributed by atoms with E-state index in [1.807, 2.05) is 36.2 Å². The Kier molecular flexibility index (Phi) is 11.4. The Hall–Kier alpha value is -1.05. The fraction of sp³-hybridized carbons (Fsp3) is 0.739. The Morgan fingerprint density at radius 2 is 1.89 bits per heavy atom. The molecule has 12 heteroatoms. The van der Waals surface area contributed by atoms with Crippen molar-refractivity contribution in [3.63, 3.8) is 0 Å². The van der Waals surface area contributed by atoms with Crippen molar-refractivity contribution in [1.82, 2.24) is 13.6 Å². The Morgan fingerprint density at radius 1 is 1.20 bits per heavy atom. The number of aliphatic carboxylic acids is 1. The van der Waals surface area contributed by atoms with Gasteiger partial charge in [-0.3, -0.25) is 0 Å². The molecular formula is C23H35F3N4O3S2. The number of nitrogens with two attached hydrogens (primary N) is 1. The second kappa shape index (κ2) is 14.0. The Morgan fingerprint density at radius 3 is 2.51 bits per heavy atom. The number of morpholine rings is 1. The van der Waals surface area contributed by atoms with Crippen molar-refractivity contribution in [3.05, 3.63) is 23.9 Å². The molecule has 1 aliphatic carbocycles. The number of nitrogens with zero attached hydrogens (tertiary/aromatic N) is 3. The third-order valence-corrected chi connectivity index (χ3v) is 8.93. The van der Waals surface area contributed by atoms with E-state index in [0.29, 0.717) is 12.6 Å². The number of pyridine rings is 1. The van der Waals surface area contributed by atoms with Crippen LogP contribution in [-0.2, 0) is 16.1 Å². The van der Waals surface area contributed by atoms with Crippen molar-refractivity contribution in [1.29, 1.82) is 0 Å². The van der Waals surface area contributed by atoms with E-state index in [1.54, 1.807) is 0 Å². The summed E-state index contributed by atoms with van der Waals surface area (Å²) >= 11 is 3.88. The van der Waals surface area contributed by atoms with Gasteiger partial charge in [0.15, 0.2) is 0 Å². The molecule has 35 heavy (non-hydrogen) atoms. The third-order valence-electron chi connectivity index (χ3n) is 6.60. The van der Waals surface area contributed by atoms with Crippen molar-refractivity contribution < 1.29 is 27.8 Å². The second-order valence-electron chi connectivity index (χ2n) is 9.09. The molecule has 0 spiro atoms. The summed E-state index contributed by atoms with van der Waals surface area (Å²) in [5.41, 5.74) is 6.97. The van der Waals surface area contributed by atoms with Crippen LogP contribution in [0.3, 0.4) is 0 Å². The topological polar surface area (TPSA) is 91.9 Å². The number of carboxylic acid groups (broad SMARTS) is 1. The zero-order valence-electron chi connectivity index (χ0n) is 19.8. The van der Waals surface area contributed by atoms with Crippen LogP contribution >= 0.6 is 23.9 Å². The van der Waals surface area contributed by atoms with E-state index >= 15 is 0 Å². The largest absolute Gasteiger partial charge is 0.490 e. The lowest BCUT2D eigenvalue weighted by Crippen LogP contribution is -2.37. The standard InChI is InChI=1S/C21H34N4OS2.C2HF3O2/c22-14-17-6-7-23-21(12-17)27-16-20-13-19(18-4-2-1-3-5-18)15-25(20)28-24-8-10-26-11-9-24;3-2(4,5)1(6)7/h6-7,12,18-20H,1-5,8-11,13-16,22H2;(H,6,7). The van der Waals surface area contributed by atoms with Crippen molar-refractivity contribution in [3.8, 4) is 0 Å². The zero-order chi connectivity index (χ0) is 25.3. The summed E-state index contributed by atoms with van der Waals surface area (Å²) in [6, 6.07) is 4.78. The number of carboxylic acids is 1. The smallest absolute Gasteiger partial charge is 0.475 e. The summed E-state index contributed by atoms with van der Waals surface area (Å²) in [4.78, 5) is 13.4. The number of alkyl halides is 3. The molecule has 3 heterocycles. The van der Waals surface area contributed by atoms with Crippen LogP contribution in [0.15, 0.2) is 23.4 Å². The van der Waals surface area contributed by atoms with Crippen LogP contribution in [0.4, 0.5) is 13.2 Å². The number of carbonyl (C=O) groups is 1. The van der Waals surface area contributed by atoms with E-state index in [9.17, 15) is 13.2 Å². The van der Waals surface area contributed by atoms with Gasteiger partial charge >= 0.3 is 12.1 Å². The summed E-state index contributed by atoms with van der Waals surface area (Å²) in [5, 5.41) is 8.24. The van der Waals surface area contributed by atoms with Crippen LogP contribution in [-0.4, -0.2) is 75.5 Å². The average molecular weight is 537 g/mol. The van der Waals surface area contributed by atoms with Crippen LogP contribution < -0.4 is 5.73 Å². The fourth-order valence-corrected chi connectivity index (χ4v) is 7.04. The molecule has 2 atom stereocenters. The number of aromatic nitrogens is 1. The van der Waals surface area contributed by atoms with Gasteiger partial charge in [-0.15, -0.1) is 11.8 Å². The minimum atomic E-state index is -5.08. The Balaban J connectivity index is 0.000000429. The van der Waals surface area contributed by atoms with Crippen LogP contribution in [0.25, 0.3) is 0 Å². The minimum Gasteiger partial charge on any atom is -0.475 e. The zero-order valence-corrected chi connectivity index (χ0v) is 21.4. The predicted molar refractivity (Wildman–Crippen MR) is 132 cm³/mol. The second-order valence-corrected chi connectivity index (χ2v) is 11.3. The first-order chi connectivity index (χ1) is 16.8. The summed E-state index contributed by atoms with van der Waals surface area (Å²) in [5.74, 6) is 0.159. The van der Waals surface area contributed by atoms with Crippen LogP contribution in [0.5, 0.6) is 0 Å². The van der Waals surface area contributed by atoms with E-state index in [4.69, 9.17) is 20.4 Å². The van der Waals surface area contributed by atoms with Gasteiger partial charge in [-0.2, -0.15) is 13.2 Å². The lowest BCUT2D eigenvalue weighted by molar-refractivity contribution is -0.192. The molecule has 0 amide bonds. The molecule has 0 bridgehead atoms. The van der Waals surface area contributed by atoms with E-state index in [1.165, 1.54) is 50.6 Å². The Bertz CT molecular complexity index is 794. The number of rotatable bonds is 7. The van der Waals surface area contributed by atoms with Gasteiger partial charge in [0.05, 0.1) is 18.2 Å². The maximum absolute atomic E-state index is 10.6. The highest BCUT2D eigenvalue weighted by atomic mass is 32.2. The van der Waals surface area contributed by atoms with Crippen molar-refractivity contribution in [2.45, 2.75) is 62.3 Å². The van der Waals surface area contributed by atoms with Gasteiger partial charge in [0.2, 0.25) is 0 Å². The fourth-order valence-electron chi connectivity index (χ4n) is 4.73. The number of hydrogen-bond acceptors (Lipinski definition) is 8. The van der Waals surface area contributed by atoms with Gasteiger partial charge in [0.25, 0.3) is 0 Å². The molecule has 3 fully saturated rings. The molecule has 0 aromatic carbocycles. The number of hydrogen-bond donors (Lipinski definition) is 2. The van der Waals surface area contributed by atoms with Gasteiger partial charge in [-0.1, -0.05) is 32.1 Å². The summed E-state index contributed by atoms with van der Waals surface area (Å²) in [7, 11) is 0. The first-order valence-electron chi connectivity index (χ1n) is 12.1. The molecule has 3 N–H and O–H groups in total. The number of ether oxygens (including phenoxy) is 1. The van der Waals surface area contributed by atoms with Crippen molar-refractivity contribution in [2.75, 3.05) is 38.6 Å². The molecule has 198 valence electrons. The maximum Gasteiger partial charge on any atom is 0.490 e. The highest BCUT2D eigenvalue weighted by Gasteiger charge is 2.39. The molecule has 4 rings (SSSR count). The van der Waals surface area contributed by atoms with Gasteiger partial charge in [-0.05, 0) is 36.0 Å². The number of thioether (sulfide) groups is 1. The third kappa shape index (κ3) is 9.40. The lowest BCUT2D eigenvalue weighted by Gasteiger charge is -2.32. The molecule has 1 saturated carbocycles. The molecule has 1 aromatic rings. The van der Waals surface area contributed by atoms with Crippen molar-refractivity contribution >= 4 is 29.9 Å². The molecule has 3 aliphatic rings. The van der Waals surface area contributed by atoms with Gasteiger partial charge in [0, 0.05) is 56.3 Å². The van der Waals surface area contributed by atoms with E-state index in [0.717, 1.165) is 48.9 Å².